The fourth-order valence-corrected chi connectivity index (χ4v) is 5.64. The van der Waals surface area contributed by atoms with Gasteiger partial charge >= 0.3 is 0 Å². The number of carbonyl (C=O) groups is 4. The van der Waals surface area contributed by atoms with E-state index in [9.17, 15) is 24.3 Å². The van der Waals surface area contributed by atoms with Crippen molar-refractivity contribution < 1.29 is 24.3 Å². The number of amides is 4. The highest BCUT2D eigenvalue weighted by Crippen LogP contribution is 2.22. The molecular formula is C28H36N4O5S. The SMILES string of the molecule is CC(C)C[C@H]1SCCN(CC(=O)N[C@H](Cc2ccccc2)C(N)=O)C(=O)[C@H](Cc2ccc(O)cc2)NC1=O. The lowest BCUT2D eigenvalue weighted by atomic mass is 10.0. The second kappa shape index (κ2) is 13.9. The van der Waals surface area contributed by atoms with Crippen molar-refractivity contribution in [1.82, 2.24) is 15.5 Å². The number of carbonyl (C=O) groups excluding carboxylic acids is 4. The van der Waals surface area contributed by atoms with E-state index in [0.717, 1.165) is 11.1 Å². The van der Waals surface area contributed by atoms with Crippen molar-refractivity contribution in [3.8, 4) is 5.75 Å². The number of rotatable bonds is 10. The molecule has 1 saturated heterocycles. The van der Waals surface area contributed by atoms with E-state index in [1.807, 2.05) is 44.2 Å². The number of benzene rings is 2. The number of aromatic hydroxyl groups is 1. The van der Waals surface area contributed by atoms with E-state index in [-0.39, 0.29) is 48.7 Å². The van der Waals surface area contributed by atoms with Gasteiger partial charge in [0.25, 0.3) is 0 Å². The Morgan fingerprint density at radius 1 is 1.11 bits per heavy atom. The number of nitrogens with one attached hydrogen (secondary N) is 2. The molecule has 2 aromatic rings. The van der Waals surface area contributed by atoms with Crippen LogP contribution in [0.1, 0.15) is 31.4 Å². The zero-order chi connectivity index (χ0) is 27.7. The maximum absolute atomic E-state index is 13.6. The van der Waals surface area contributed by atoms with E-state index in [1.54, 1.807) is 12.1 Å². The van der Waals surface area contributed by atoms with Crippen LogP contribution in [0, 0.1) is 5.92 Å². The molecule has 0 radical (unpaired) electrons. The van der Waals surface area contributed by atoms with E-state index in [0.29, 0.717) is 18.1 Å². The van der Waals surface area contributed by atoms with Crippen molar-refractivity contribution in [3.05, 3.63) is 65.7 Å². The van der Waals surface area contributed by atoms with Crippen LogP contribution in [-0.2, 0) is 32.0 Å². The number of primary amides is 1. The molecule has 0 saturated carbocycles. The van der Waals surface area contributed by atoms with Crippen molar-refractivity contribution in [3.63, 3.8) is 0 Å². The third-order valence-electron chi connectivity index (χ3n) is 6.26. The number of nitrogens with zero attached hydrogens (tertiary/aromatic N) is 1. The molecule has 0 unspecified atom stereocenters. The number of nitrogens with two attached hydrogens (primary N) is 1. The minimum Gasteiger partial charge on any atom is -0.508 e. The highest BCUT2D eigenvalue weighted by molar-refractivity contribution is 8.00. The van der Waals surface area contributed by atoms with Gasteiger partial charge in [-0.3, -0.25) is 19.2 Å². The molecule has 0 aromatic heterocycles. The molecule has 10 heteroatoms. The molecule has 5 N–H and O–H groups in total. The number of phenols is 1. The fourth-order valence-electron chi connectivity index (χ4n) is 4.29. The Bertz CT molecular complexity index is 1110. The van der Waals surface area contributed by atoms with E-state index in [1.165, 1.54) is 28.8 Å². The predicted molar refractivity (Wildman–Crippen MR) is 147 cm³/mol. The van der Waals surface area contributed by atoms with E-state index >= 15 is 0 Å². The van der Waals surface area contributed by atoms with Gasteiger partial charge in [-0.1, -0.05) is 56.3 Å². The summed E-state index contributed by atoms with van der Waals surface area (Å²) in [5.74, 6) is -0.876. The standard InChI is InChI=1S/C28H36N4O5S/c1-18(2)14-24-27(36)31-23(16-20-8-10-21(33)11-9-20)28(37)32(12-13-38-24)17-25(34)30-22(26(29)35)15-19-6-4-3-5-7-19/h3-11,18,22-24,33H,12-17H2,1-2H3,(H2,29,35)(H,30,34)(H,31,36)/t22-,23+,24-/m1/s1. The highest BCUT2D eigenvalue weighted by atomic mass is 32.2. The Labute approximate surface area is 227 Å². The summed E-state index contributed by atoms with van der Waals surface area (Å²) in [6, 6.07) is 13.8. The van der Waals surface area contributed by atoms with Gasteiger partial charge < -0.3 is 26.4 Å². The van der Waals surface area contributed by atoms with Gasteiger partial charge in [0, 0.05) is 25.1 Å². The molecular weight excluding hydrogens is 504 g/mol. The quantitative estimate of drug-likeness (QED) is 0.361. The van der Waals surface area contributed by atoms with E-state index < -0.39 is 23.9 Å². The summed E-state index contributed by atoms with van der Waals surface area (Å²) in [5, 5.41) is 14.9. The number of hydrogen-bond acceptors (Lipinski definition) is 6. The van der Waals surface area contributed by atoms with Gasteiger partial charge in [0.1, 0.15) is 17.8 Å². The van der Waals surface area contributed by atoms with Crippen LogP contribution >= 0.6 is 11.8 Å². The summed E-state index contributed by atoms with van der Waals surface area (Å²) >= 11 is 1.47. The number of phenolic OH excluding ortho intramolecular Hbond substituents is 1. The average molecular weight is 541 g/mol. The smallest absolute Gasteiger partial charge is 0.245 e. The van der Waals surface area contributed by atoms with Crippen molar-refractivity contribution in [2.75, 3.05) is 18.8 Å². The Balaban J connectivity index is 1.76. The van der Waals surface area contributed by atoms with Gasteiger partial charge in [-0.25, -0.2) is 0 Å². The summed E-state index contributed by atoms with van der Waals surface area (Å²) in [4.78, 5) is 53.2. The van der Waals surface area contributed by atoms with Gasteiger partial charge in [0.2, 0.25) is 23.6 Å². The maximum atomic E-state index is 13.6. The van der Waals surface area contributed by atoms with Crippen molar-refractivity contribution in [1.29, 1.82) is 0 Å². The molecule has 1 heterocycles. The Kier molecular flexibility index (Phi) is 10.6. The monoisotopic (exact) mass is 540 g/mol. The maximum Gasteiger partial charge on any atom is 0.245 e. The molecule has 0 aliphatic carbocycles. The van der Waals surface area contributed by atoms with Gasteiger partial charge in [0.15, 0.2) is 0 Å². The van der Waals surface area contributed by atoms with Gasteiger partial charge in [0.05, 0.1) is 11.8 Å². The molecule has 204 valence electrons. The molecule has 1 aliphatic heterocycles. The second-order valence-electron chi connectivity index (χ2n) is 9.89. The minimum absolute atomic E-state index is 0.102. The summed E-state index contributed by atoms with van der Waals surface area (Å²) in [7, 11) is 0. The molecule has 4 amide bonds. The summed E-state index contributed by atoms with van der Waals surface area (Å²) < 4.78 is 0. The topological polar surface area (TPSA) is 142 Å². The van der Waals surface area contributed by atoms with Crippen molar-refractivity contribution in [2.45, 2.75) is 50.4 Å². The molecule has 2 aromatic carbocycles. The van der Waals surface area contributed by atoms with Crippen molar-refractivity contribution >= 4 is 35.4 Å². The van der Waals surface area contributed by atoms with Crippen LogP contribution in [0.4, 0.5) is 0 Å². The molecule has 9 nitrogen and oxygen atoms in total. The summed E-state index contributed by atoms with van der Waals surface area (Å²) in [6.45, 7) is 4.09. The van der Waals surface area contributed by atoms with Crippen LogP contribution in [0.5, 0.6) is 5.75 Å². The molecule has 1 aliphatic rings. The van der Waals surface area contributed by atoms with Crippen LogP contribution in [0.15, 0.2) is 54.6 Å². The molecule has 3 atom stereocenters. The Hall–Kier alpha value is -3.53. The largest absolute Gasteiger partial charge is 0.508 e. The lowest BCUT2D eigenvalue weighted by Crippen LogP contribution is -2.54. The number of hydrogen-bond donors (Lipinski definition) is 4. The van der Waals surface area contributed by atoms with Crippen LogP contribution in [0.2, 0.25) is 0 Å². The van der Waals surface area contributed by atoms with Crippen LogP contribution < -0.4 is 16.4 Å². The van der Waals surface area contributed by atoms with Gasteiger partial charge in [-0.2, -0.15) is 0 Å². The average Bonchev–Trinajstić information content (AvgIpc) is 2.91. The third kappa shape index (κ3) is 8.79. The highest BCUT2D eigenvalue weighted by Gasteiger charge is 2.33. The van der Waals surface area contributed by atoms with Crippen LogP contribution in [-0.4, -0.2) is 69.8 Å². The molecule has 1 fully saturated rings. The van der Waals surface area contributed by atoms with Crippen molar-refractivity contribution in [2.24, 2.45) is 11.7 Å². The van der Waals surface area contributed by atoms with Gasteiger partial charge in [-0.05, 0) is 35.6 Å². The molecule has 0 bridgehead atoms. The predicted octanol–water partition coefficient (Wildman–Crippen LogP) is 1.62. The zero-order valence-corrected chi connectivity index (χ0v) is 22.6. The lowest BCUT2D eigenvalue weighted by Gasteiger charge is -2.27. The molecule has 0 spiro atoms. The van der Waals surface area contributed by atoms with E-state index in [2.05, 4.69) is 10.6 Å². The summed E-state index contributed by atoms with van der Waals surface area (Å²) in [5.41, 5.74) is 7.15. The van der Waals surface area contributed by atoms with Crippen LogP contribution in [0.3, 0.4) is 0 Å². The van der Waals surface area contributed by atoms with Gasteiger partial charge in [-0.15, -0.1) is 11.8 Å². The lowest BCUT2D eigenvalue weighted by molar-refractivity contribution is -0.139. The van der Waals surface area contributed by atoms with E-state index in [4.69, 9.17) is 5.73 Å². The molecule has 38 heavy (non-hydrogen) atoms. The first-order valence-electron chi connectivity index (χ1n) is 12.7. The Morgan fingerprint density at radius 2 is 1.79 bits per heavy atom. The molecule has 3 rings (SSSR count). The fraction of sp³-hybridized carbons (Fsp3) is 0.429. The minimum atomic E-state index is -0.921. The normalized spacial score (nSPS) is 19.2. The Morgan fingerprint density at radius 3 is 2.42 bits per heavy atom. The first-order valence-corrected chi connectivity index (χ1v) is 13.8. The summed E-state index contributed by atoms with van der Waals surface area (Å²) in [6.07, 6.45) is 1.11. The van der Waals surface area contributed by atoms with Crippen LogP contribution in [0.25, 0.3) is 0 Å². The first-order chi connectivity index (χ1) is 18.1. The second-order valence-corrected chi connectivity index (χ2v) is 11.2. The third-order valence-corrected chi connectivity index (χ3v) is 7.48. The number of thioether (sulfide) groups is 1. The zero-order valence-electron chi connectivity index (χ0n) is 21.8. The first kappa shape index (κ1) is 29.0.